The number of nitrogens with zero attached hydrogens (tertiary/aromatic N) is 1. The molecule has 8 heteroatoms. The number of hydrogen-bond donors (Lipinski definition) is 1. The van der Waals surface area contributed by atoms with Gasteiger partial charge in [0.05, 0.1) is 22.6 Å². The Labute approximate surface area is 155 Å². The molecule has 0 unspecified atom stereocenters. The van der Waals surface area contributed by atoms with E-state index in [4.69, 9.17) is 4.74 Å². The van der Waals surface area contributed by atoms with Gasteiger partial charge in [0.1, 0.15) is 5.00 Å². The van der Waals surface area contributed by atoms with Crippen LogP contribution in [0.25, 0.3) is 10.9 Å². The molecule has 0 spiro atoms. The Bertz CT molecular complexity index is 1080. The highest BCUT2D eigenvalue weighted by Gasteiger charge is 2.25. The Hall–Kier alpha value is -2.45. The lowest BCUT2D eigenvalue weighted by Crippen LogP contribution is -2.16. The lowest BCUT2D eigenvalue weighted by molar-refractivity contribution is 0.0527. The van der Waals surface area contributed by atoms with Crippen molar-refractivity contribution in [2.75, 3.05) is 11.3 Å². The van der Waals surface area contributed by atoms with Crippen LogP contribution in [0.2, 0.25) is 0 Å². The van der Waals surface area contributed by atoms with Crippen molar-refractivity contribution in [2.24, 2.45) is 0 Å². The number of aryl methyl sites for hydroxylation is 1. The first-order chi connectivity index (χ1) is 12.3. The van der Waals surface area contributed by atoms with E-state index in [1.54, 1.807) is 44.3 Å². The van der Waals surface area contributed by atoms with Crippen molar-refractivity contribution in [1.29, 1.82) is 0 Å². The molecule has 3 rings (SSSR count). The van der Waals surface area contributed by atoms with Crippen molar-refractivity contribution in [3.05, 3.63) is 52.5 Å². The van der Waals surface area contributed by atoms with E-state index in [-0.39, 0.29) is 22.1 Å². The van der Waals surface area contributed by atoms with Crippen molar-refractivity contribution in [3.8, 4) is 0 Å². The molecule has 26 heavy (non-hydrogen) atoms. The molecule has 2 heterocycles. The Morgan fingerprint density at radius 1 is 1.23 bits per heavy atom. The summed E-state index contributed by atoms with van der Waals surface area (Å²) in [5.74, 6) is -0.536. The average molecular weight is 390 g/mol. The van der Waals surface area contributed by atoms with Gasteiger partial charge in [-0.25, -0.2) is 13.2 Å². The van der Waals surface area contributed by atoms with Gasteiger partial charge >= 0.3 is 5.97 Å². The van der Waals surface area contributed by atoms with Crippen LogP contribution in [0.5, 0.6) is 0 Å². The lowest BCUT2D eigenvalue weighted by atomic mass is 10.2. The summed E-state index contributed by atoms with van der Waals surface area (Å²) in [6.07, 6.45) is 1.61. The first kappa shape index (κ1) is 18.3. The summed E-state index contributed by atoms with van der Waals surface area (Å²) in [7, 11) is -3.90. The minimum absolute atomic E-state index is 0.113. The standard InChI is InChI=1S/C18H18N2O4S2/c1-4-24-18(21)16-11(2)12(3)25-17(16)20-26(22,23)15-9-5-8-14-13(15)7-6-10-19-14/h5-10,20H,4H2,1-3H3. The predicted molar refractivity (Wildman–Crippen MR) is 102 cm³/mol. The maximum Gasteiger partial charge on any atom is 0.341 e. The maximum atomic E-state index is 13.0. The molecular weight excluding hydrogens is 372 g/mol. The van der Waals surface area contributed by atoms with Crippen molar-refractivity contribution < 1.29 is 17.9 Å². The Morgan fingerprint density at radius 2 is 2.00 bits per heavy atom. The summed E-state index contributed by atoms with van der Waals surface area (Å²) < 4.78 is 33.6. The first-order valence-electron chi connectivity index (χ1n) is 7.99. The van der Waals surface area contributed by atoms with Crippen LogP contribution in [0, 0.1) is 13.8 Å². The SMILES string of the molecule is CCOC(=O)c1c(NS(=O)(=O)c2cccc3ncccc23)sc(C)c1C. The van der Waals surface area contributed by atoms with Gasteiger partial charge in [-0.1, -0.05) is 6.07 Å². The van der Waals surface area contributed by atoms with Crippen LogP contribution in [0.4, 0.5) is 5.00 Å². The molecule has 3 aromatic rings. The molecule has 2 aromatic heterocycles. The van der Waals surface area contributed by atoms with E-state index in [1.165, 1.54) is 17.4 Å². The van der Waals surface area contributed by atoms with Crippen LogP contribution >= 0.6 is 11.3 Å². The third-order valence-corrected chi connectivity index (χ3v) is 6.65. The van der Waals surface area contributed by atoms with E-state index in [9.17, 15) is 13.2 Å². The summed E-state index contributed by atoms with van der Waals surface area (Å²) in [6, 6.07) is 8.29. The number of benzene rings is 1. The molecule has 0 amide bonds. The molecule has 6 nitrogen and oxygen atoms in total. The Kier molecular flexibility index (Phi) is 4.97. The zero-order chi connectivity index (χ0) is 18.9. The van der Waals surface area contributed by atoms with Gasteiger partial charge in [0.25, 0.3) is 10.0 Å². The number of fused-ring (bicyclic) bond motifs is 1. The largest absolute Gasteiger partial charge is 0.462 e. The number of rotatable bonds is 5. The van der Waals surface area contributed by atoms with Crippen LogP contribution in [0.3, 0.4) is 0 Å². The fourth-order valence-corrected chi connectivity index (χ4v) is 5.21. The third-order valence-electron chi connectivity index (χ3n) is 3.99. The summed E-state index contributed by atoms with van der Waals surface area (Å²) in [5, 5.41) is 0.782. The summed E-state index contributed by atoms with van der Waals surface area (Å²) in [4.78, 5) is 17.4. The van der Waals surface area contributed by atoms with Gasteiger partial charge in [0, 0.05) is 16.5 Å². The average Bonchev–Trinajstić information content (AvgIpc) is 2.87. The van der Waals surface area contributed by atoms with E-state index in [2.05, 4.69) is 9.71 Å². The fraction of sp³-hybridized carbons (Fsp3) is 0.222. The highest BCUT2D eigenvalue weighted by Crippen LogP contribution is 2.35. The number of hydrogen-bond acceptors (Lipinski definition) is 6. The first-order valence-corrected chi connectivity index (χ1v) is 10.3. The lowest BCUT2D eigenvalue weighted by Gasteiger charge is -2.11. The number of nitrogens with one attached hydrogen (secondary N) is 1. The molecule has 0 saturated heterocycles. The van der Waals surface area contributed by atoms with Crippen LogP contribution in [0.1, 0.15) is 27.7 Å². The molecule has 0 radical (unpaired) electrons. The van der Waals surface area contributed by atoms with Gasteiger partial charge in [-0.3, -0.25) is 9.71 Å². The number of carbonyl (C=O) groups is 1. The Balaban J connectivity index is 2.08. The number of carbonyl (C=O) groups excluding carboxylic acids is 1. The zero-order valence-electron chi connectivity index (χ0n) is 14.6. The van der Waals surface area contributed by atoms with Crippen molar-refractivity contribution in [2.45, 2.75) is 25.7 Å². The number of esters is 1. The highest BCUT2D eigenvalue weighted by atomic mass is 32.2. The molecule has 0 aliphatic heterocycles. The molecule has 136 valence electrons. The molecule has 0 aliphatic rings. The second-order valence-electron chi connectivity index (χ2n) is 5.64. The van der Waals surface area contributed by atoms with Crippen molar-refractivity contribution in [3.63, 3.8) is 0 Å². The van der Waals surface area contributed by atoms with E-state index in [1.807, 2.05) is 6.92 Å². The topological polar surface area (TPSA) is 85.4 Å². The number of ether oxygens (including phenoxy) is 1. The van der Waals surface area contributed by atoms with Crippen LogP contribution in [-0.2, 0) is 14.8 Å². The smallest absolute Gasteiger partial charge is 0.341 e. The van der Waals surface area contributed by atoms with Gasteiger partial charge < -0.3 is 4.74 Å². The molecular formula is C18H18N2O4S2. The van der Waals surface area contributed by atoms with Crippen LogP contribution in [-0.4, -0.2) is 26.0 Å². The summed E-state index contributed by atoms with van der Waals surface area (Å²) >= 11 is 1.22. The second kappa shape index (κ2) is 7.05. The second-order valence-corrected chi connectivity index (χ2v) is 8.52. The minimum atomic E-state index is -3.90. The summed E-state index contributed by atoms with van der Waals surface area (Å²) in [5.41, 5.74) is 1.56. The van der Waals surface area contributed by atoms with Crippen molar-refractivity contribution >= 4 is 43.2 Å². The minimum Gasteiger partial charge on any atom is -0.462 e. The van der Waals surface area contributed by atoms with Gasteiger partial charge in [-0.05, 0) is 50.6 Å². The molecule has 1 N–H and O–H groups in total. The van der Waals surface area contributed by atoms with Gasteiger partial charge in [-0.15, -0.1) is 11.3 Å². The molecule has 0 saturated carbocycles. The normalized spacial score (nSPS) is 11.5. The van der Waals surface area contributed by atoms with Crippen molar-refractivity contribution in [1.82, 2.24) is 4.98 Å². The van der Waals surface area contributed by atoms with E-state index in [0.29, 0.717) is 16.5 Å². The third kappa shape index (κ3) is 3.30. The van der Waals surface area contributed by atoms with Gasteiger partial charge in [0.15, 0.2) is 0 Å². The molecule has 0 bridgehead atoms. The molecule has 1 aromatic carbocycles. The molecule has 0 aliphatic carbocycles. The summed E-state index contributed by atoms with van der Waals surface area (Å²) in [6.45, 7) is 5.54. The number of thiophene rings is 1. The van der Waals surface area contributed by atoms with E-state index in [0.717, 1.165) is 4.88 Å². The van der Waals surface area contributed by atoms with E-state index >= 15 is 0 Å². The number of pyridine rings is 1. The fourth-order valence-electron chi connectivity index (χ4n) is 2.63. The van der Waals surface area contributed by atoms with Gasteiger partial charge in [-0.2, -0.15) is 0 Å². The maximum absolute atomic E-state index is 13.0. The predicted octanol–water partition coefficient (Wildman–Crippen LogP) is 3.89. The number of aromatic nitrogens is 1. The number of anilines is 1. The van der Waals surface area contributed by atoms with Crippen LogP contribution in [0.15, 0.2) is 41.4 Å². The number of sulfonamides is 1. The highest BCUT2D eigenvalue weighted by molar-refractivity contribution is 7.93. The Morgan fingerprint density at radius 3 is 2.73 bits per heavy atom. The molecule has 0 atom stereocenters. The monoisotopic (exact) mass is 390 g/mol. The zero-order valence-corrected chi connectivity index (χ0v) is 16.2. The van der Waals surface area contributed by atoms with E-state index < -0.39 is 16.0 Å². The van der Waals surface area contributed by atoms with Gasteiger partial charge in [0.2, 0.25) is 0 Å². The van der Waals surface area contributed by atoms with Crippen LogP contribution < -0.4 is 4.72 Å². The molecule has 0 fully saturated rings. The quantitative estimate of drug-likeness (QED) is 0.668.